The van der Waals surface area contributed by atoms with Crippen molar-refractivity contribution in [3.8, 4) is 0 Å². The topological polar surface area (TPSA) is 92.0 Å². The van der Waals surface area contributed by atoms with E-state index in [4.69, 9.17) is 4.42 Å². The molecule has 0 saturated carbocycles. The Morgan fingerprint density at radius 3 is 2.62 bits per heavy atom. The molecule has 7 heteroatoms. The standard InChI is InChI=1S/C17H17N3O4/c1-9-7-16(22)24-14-6-10(2)13(8-11(9)14)18-17(23)12-4-5-15(21)20(3)19-12/h6-8H,4-5H2,1-3H3,(H,18,23). The Kier molecular flexibility index (Phi) is 3.92. The lowest BCUT2D eigenvalue weighted by Crippen LogP contribution is -2.34. The van der Waals surface area contributed by atoms with Crippen LogP contribution in [0.2, 0.25) is 0 Å². The van der Waals surface area contributed by atoms with Crippen LogP contribution in [0.4, 0.5) is 5.69 Å². The molecule has 1 aliphatic heterocycles. The van der Waals surface area contributed by atoms with E-state index in [9.17, 15) is 14.4 Å². The summed E-state index contributed by atoms with van der Waals surface area (Å²) in [6, 6.07) is 4.91. The van der Waals surface area contributed by atoms with E-state index in [1.165, 1.54) is 18.1 Å². The molecule has 24 heavy (non-hydrogen) atoms. The minimum absolute atomic E-state index is 0.112. The zero-order valence-corrected chi connectivity index (χ0v) is 13.7. The number of carbonyl (C=O) groups is 2. The molecule has 0 atom stereocenters. The van der Waals surface area contributed by atoms with E-state index in [1.807, 2.05) is 13.8 Å². The first-order chi connectivity index (χ1) is 11.3. The zero-order valence-electron chi connectivity index (χ0n) is 13.7. The molecule has 2 amide bonds. The van der Waals surface area contributed by atoms with Crippen LogP contribution in [0, 0.1) is 13.8 Å². The fourth-order valence-corrected chi connectivity index (χ4v) is 2.63. The number of nitrogens with one attached hydrogen (secondary N) is 1. The first-order valence-corrected chi connectivity index (χ1v) is 7.55. The van der Waals surface area contributed by atoms with Crippen molar-refractivity contribution in [2.45, 2.75) is 26.7 Å². The summed E-state index contributed by atoms with van der Waals surface area (Å²) in [5.41, 5.74) is 2.55. The van der Waals surface area contributed by atoms with Crippen molar-refractivity contribution in [1.29, 1.82) is 0 Å². The molecule has 1 aromatic heterocycles. The normalized spacial score (nSPS) is 14.7. The van der Waals surface area contributed by atoms with Crippen LogP contribution in [0.25, 0.3) is 11.0 Å². The second kappa shape index (κ2) is 5.92. The number of benzene rings is 1. The molecule has 2 heterocycles. The molecule has 0 fully saturated rings. The Balaban J connectivity index is 1.94. The first-order valence-electron chi connectivity index (χ1n) is 7.55. The molecule has 0 unspecified atom stereocenters. The van der Waals surface area contributed by atoms with Crippen LogP contribution in [0.5, 0.6) is 0 Å². The number of aryl methyl sites for hydroxylation is 2. The van der Waals surface area contributed by atoms with Crippen molar-refractivity contribution in [2.75, 3.05) is 12.4 Å². The summed E-state index contributed by atoms with van der Waals surface area (Å²) in [4.78, 5) is 35.3. The monoisotopic (exact) mass is 327 g/mol. The fraction of sp³-hybridized carbons (Fsp3) is 0.294. The summed E-state index contributed by atoms with van der Waals surface area (Å²) in [6.07, 6.45) is 0.583. The smallest absolute Gasteiger partial charge is 0.336 e. The van der Waals surface area contributed by atoms with Gasteiger partial charge in [-0.1, -0.05) is 0 Å². The predicted octanol–water partition coefficient (Wildman–Crippen LogP) is 1.96. The van der Waals surface area contributed by atoms with Crippen molar-refractivity contribution in [3.63, 3.8) is 0 Å². The van der Waals surface area contributed by atoms with Gasteiger partial charge in [0.1, 0.15) is 11.3 Å². The minimum Gasteiger partial charge on any atom is -0.423 e. The van der Waals surface area contributed by atoms with E-state index in [-0.39, 0.29) is 18.2 Å². The number of hydrogen-bond donors (Lipinski definition) is 1. The van der Waals surface area contributed by atoms with E-state index in [1.54, 1.807) is 12.1 Å². The van der Waals surface area contributed by atoms with Gasteiger partial charge in [-0.3, -0.25) is 9.59 Å². The van der Waals surface area contributed by atoms with Gasteiger partial charge in [-0.2, -0.15) is 5.10 Å². The molecular formula is C17H17N3O4. The largest absolute Gasteiger partial charge is 0.423 e. The Morgan fingerprint density at radius 2 is 1.92 bits per heavy atom. The molecular weight excluding hydrogens is 310 g/mol. The summed E-state index contributed by atoms with van der Waals surface area (Å²) in [5, 5.41) is 8.77. The molecule has 1 aromatic carbocycles. The van der Waals surface area contributed by atoms with Crippen LogP contribution in [0.1, 0.15) is 24.0 Å². The third kappa shape index (κ3) is 2.92. The lowest BCUT2D eigenvalue weighted by atomic mass is 10.1. The molecule has 7 nitrogen and oxygen atoms in total. The number of hydrogen-bond acceptors (Lipinski definition) is 5. The third-order valence-electron chi connectivity index (χ3n) is 4.01. The van der Waals surface area contributed by atoms with Gasteiger partial charge in [0.05, 0.1) is 0 Å². The number of rotatable bonds is 2. The number of hydrazone groups is 1. The zero-order chi connectivity index (χ0) is 17.4. The minimum atomic E-state index is -0.402. The molecule has 0 saturated heterocycles. The average Bonchev–Trinajstić information content (AvgIpc) is 2.51. The van der Waals surface area contributed by atoms with Gasteiger partial charge < -0.3 is 9.73 Å². The summed E-state index contributed by atoms with van der Waals surface area (Å²) >= 11 is 0. The lowest BCUT2D eigenvalue weighted by molar-refractivity contribution is -0.130. The lowest BCUT2D eigenvalue weighted by Gasteiger charge is -2.19. The summed E-state index contributed by atoms with van der Waals surface area (Å²) in [5.74, 6) is -0.453. The van der Waals surface area contributed by atoms with Crippen LogP contribution < -0.4 is 10.9 Å². The number of carbonyl (C=O) groups excluding carboxylic acids is 2. The van der Waals surface area contributed by atoms with Gasteiger partial charge in [0.15, 0.2) is 0 Å². The van der Waals surface area contributed by atoms with Crippen molar-refractivity contribution < 1.29 is 14.0 Å². The number of nitrogens with zero attached hydrogens (tertiary/aromatic N) is 2. The Bertz CT molecular complexity index is 943. The molecule has 1 aliphatic rings. The van der Waals surface area contributed by atoms with Gasteiger partial charge in [-0.15, -0.1) is 0 Å². The van der Waals surface area contributed by atoms with Crippen LogP contribution in [0.3, 0.4) is 0 Å². The van der Waals surface area contributed by atoms with Crippen molar-refractivity contribution in [2.24, 2.45) is 5.10 Å². The van der Waals surface area contributed by atoms with Gasteiger partial charge in [-0.25, -0.2) is 9.80 Å². The Morgan fingerprint density at radius 1 is 1.17 bits per heavy atom. The second-order valence-electron chi connectivity index (χ2n) is 5.83. The highest BCUT2D eigenvalue weighted by molar-refractivity contribution is 6.43. The van der Waals surface area contributed by atoms with Gasteiger partial charge in [-0.05, 0) is 37.1 Å². The summed E-state index contributed by atoms with van der Waals surface area (Å²) < 4.78 is 5.19. The number of anilines is 1. The third-order valence-corrected chi connectivity index (χ3v) is 4.01. The first kappa shape index (κ1) is 15.9. The second-order valence-corrected chi connectivity index (χ2v) is 5.83. The SMILES string of the molecule is Cc1cc2oc(=O)cc(C)c2cc1NC(=O)C1=NN(C)C(=O)CC1. The van der Waals surface area contributed by atoms with Crippen LogP contribution in [-0.2, 0) is 9.59 Å². The average molecular weight is 327 g/mol. The highest BCUT2D eigenvalue weighted by atomic mass is 16.4. The van der Waals surface area contributed by atoms with E-state index in [2.05, 4.69) is 10.4 Å². The number of amides is 2. The van der Waals surface area contributed by atoms with Crippen molar-refractivity contribution in [3.05, 3.63) is 39.7 Å². The highest BCUT2D eigenvalue weighted by Crippen LogP contribution is 2.25. The van der Waals surface area contributed by atoms with E-state index in [0.717, 1.165) is 16.5 Å². The van der Waals surface area contributed by atoms with Crippen molar-refractivity contribution in [1.82, 2.24) is 5.01 Å². The molecule has 0 aliphatic carbocycles. The summed E-state index contributed by atoms with van der Waals surface area (Å²) in [7, 11) is 1.53. The molecule has 2 aromatic rings. The van der Waals surface area contributed by atoms with Crippen LogP contribution in [0.15, 0.2) is 32.5 Å². The fourth-order valence-electron chi connectivity index (χ4n) is 2.63. The molecule has 3 rings (SSSR count). The molecule has 0 bridgehead atoms. The van der Waals surface area contributed by atoms with Gasteiger partial charge >= 0.3 is 5.63 Å². The molecule has 1 N–H and O–H groups in total. The van der Waals surface area contributed by atoms with Gasteiger partial charge in [0.25, 0.3) is 5.91 Å². The van der Waals surface area contributed by atoms with Crippen molar-refractivity contribution >= 4 is 34.2 Å². The van der Waals surface area contributed by atoms with Gasteiger partial charge in [0.2, 0.25) is 5.91 Å². The summed E-state index contributed by atoms with van der Waals surface area (Å²) in [6.45, 7) is 3.63. The van der Waals surface area contributed by atoms with E-state index >= 15 is 0 Å². The predicted molar refractivity (Wildman–Crippen MR) is 90.0 cm³/mol. The quantitative estimate of drug-likeness (QED) is 0.853. The molecule has 124 valence electrons. The van der Waals surface area contributed by atoms with Crippen LogP contribution >= 0.6 is 0 Å². The Labute approximate surface area is 137 Å². The number of fused-ring (bicyclic) bond motifs is 1. The van der Waals surface area contributed by atoms with Gasteiger partial charge in [0, 0.05) is 37.0 Å². The van der Waals surface area contributed by atoms with E-state index in [0.29, 0.717) is 23.4 Å². The molecule has 0 radical (unpaired) electrons. The molecule has 0 spiro atoms. The van der Waals surface area contributed by atoms with Crippen LogP contribution in [-0.4, -0.2) is 29.6 Å². The highest BCUT2D eigenvalue weighted by Gasteiger charge is 2.22. The maximum atomic E-state index is 12.4. The Hall–Kier alpha value is -2.96. The van der Waals surface area contributed by atoms with E-state index < -0.39 is 5.63 Å². The maximum Gasteiger partial charge on any atom is 0.336 e. The maximum absolute atomic E-state index is 12.4.